The third-order valence-electron chi connectivity index (χ3n) is 4.79. The maximum absolute atomic E-state index is 13.3. The monoisotopic (exact) mass is 539 g/mol. The zero-order chi connectivity index (χ0) is 20.4. The van der Waals surface area contributed by atoms with Crippen molar-refractivity contribution in [1.29, 1.82) is 0 Å². The molecule has 1 atom stereocenters. The van der Waals surface area contributed by atoms with Crippen LogP contribution in [0.2, 0.25) is 10.0 Å². The lowest BCUT2D eigenvalue weighted by Gasteiger charge is -2.36. The minimum absolute atomic E-state index is 0.116. The fourth-order valence-corrected chi connectivity index (χ4v) is 3.99. The summed E-state index contributed by atoms with van der Waals surface area (Å²) >= 11 is 14.2. The first-order valence-corrected chi connectivity index (χ1v) is 10.8. The second kappa shape index (κ2) is 8.85. The van der Waals surface area contributed by atoms with E-state index in [0.717, 1.165) is 9.26 Å². The maximum Gasteiger partial charge on any atom is 0.317 e. The van der Waals surface area contributed by atoms with Crippen LogP contribution in [0.1, 0.15) is 21.5 Å². The van der Waals surface area contributed by atoms with Gasteiger partial charge in [0.05, 0.1) is 16.1 Å². The Kier molecular flexibility index (Phi) is 6.22. The van der Waals surface area contributed by atoms with E-state index in [4.69, 9.17) is 27.9 Å². The van der Waals surface area contributed by atoms with Crippen LogP contribution in [0.15, 0.2) is 54.7 Å². The number of carbonyl (C=O) groups excluding carboxylic acids is 1. The number of fused-ring (bicyclic) bond motifs is 1. The van der Waals surface area contributed by atoms with E-state index in [2.05, 4.69) is 38.6 Å². The van der Waals surface area contributed by atoms with Crippen molar-refractivity contribution in [2.24, 2.45) is 0 Å². The maximum atomic E-state index is 13.3. The van der Waals surface area contributed by atoms with E-state index in [1.807, 2.05) is 23.1 Å². The van der Waals surface area contributed by atoms with E-state index in [0.29, 0.717) is 41.2 Å². The Morgan fingerprint density at radius 1 is 1.14 bits per heavy atom. The SMILES string of the molecule is O=C(c1ccc(Cl)c(Cl)c1)N1Cc2ccccc2CC1COc1nccc(I)n1. The zero-order valence-electron chi connectivity index (χ0n) is 15.2. The smallest absolute Gasteiger partial charge is 0.317 e. The molecule has 1 aromatic heterocycles. The first-order chi connectivity index (χ1) is 14.0. The lowest BCUT2D eigenvalue weighted by molar-refractivity contribution is 0.0558. The van der Waals surface area contributed by atoms with Gasteiger partial charge in [0.15, 0.2) is 0 Å². The highest BCUT2D eigenvalue weighted by molar-refractivity contribution is 14.1. The average molecular weight is 540 g/mol. The fourth-order valence-electron chi connectivity index (χ4n) is 3.33. The number of ether oxygens (including phenoxy) is 1. The summed E-state index contributed by atoms with van der Waals surface area (Å²) in [6, 6.07) is 15.0. The number of hydrogen-bond donors (Lipinski definition) is 0. The van der Waals surface area contributed by atoms with Crippen LogP contribution >= 0.6 is 45.8 Å². The third kappa shape index (κ3) is 4.65. The summed E-state index contributed by atoms with van der Waals surface area (Å²) in [5.41, 5.74) is 2.83. The van der Waals surface area contributed by atoms with Gasteiger partial charge < -0.3 is 9.64 Å². The number of benzene rings is 2. The van der Waals surface area contributed by atoms with Crippen LogP contribution in [0.3, 0.4) is 0 Å². The van der Waals surface area contributed by atoms with Gasteiger partial charge in [0.1, 0.15) is 10.3 Å². The highest BCUT2D eigenvalue weighted by atomic mass is 127. The Bertz CT molecular complexity index is 1060. The van der Waals surface area contributed by atoms with Crippen LogP contribution < -0.4 is 4.74 Å². The lowest BCUT2D eigenvalue weighted by atomic mass is 9.93. The molecule has 5 nitrogen and oxygen atoms in total. The van der Waals surface area contributed by atoms with Crippen molar-refractivity contribution >= 4 is 51.7 Å². The molecule has 0 radical (unpaired) electrons. The van der Waals surface area contributed by atoms with E-state index in [-0.39, 0.29) is 11.9 Å². The van der Waals surface area contributed by atoms with Crippen LogP contribution in [0.4, 0.5) is 0 Å². The van der Waals surface area contributed by atoms with Gasteiger partial charge in [0.2, 0.25) is 0 Å². The average Bonchev–Trinajstić information content (AvgIpc) is 2.73. The van der Waals surface area contributed by atoms with Gasteiger partial charge in [0.25, 0.3) is 5.91 Å². The Balaban J connectivity index is 1.60. The molecule has 0 N–H and O–H groups in total. The van der Waals surface area contributed by atoms with Crippen LogP contribution in [0.25, 0.3) is 0 Å². The Labute approximate surface area is 192 Å². The van der Waals surface area contributed by atoms with Crippen molar-refractivity contribution in [3.63, 3.8) is 0 Å². The molecule has 1 aliphatic heterocycles. The molecule has 0 spiro atoms. The van der Waals surface area contributed by atoms with Crippen LogP contribution in [0.5, 0.6) is 6.01 Å². The molecule has 2 heterocycles. The summed E-state index contributed by atoms with van der Waals surface area (Å²) in [6.07, 6.45) is 2.34. The first-order valence-electron chi connectivity index (χ1n) is 8.95. The van der Waals surface area contributed by atoms with E-state index >= 15 is 0 Å². The standard InChI is InChI=1S/C21H16Cl2IN3O2/c22-17-6-5-14(10-18(17)23)20(28)27-11-15-4-2-1-3-13(15)9-16(27)12-29-21-25-8-7-19(24)26-21/h1-8,10,16H,9,11-12H2. The van der Waals surface area contributed by atoms with Gasteiger partial charge in [-0.05, 0) is 64.4 Å². The van der Waals surface area contributed by atoms with Gasteiger partial charge in [0, 0.05) is 18.3 Å². The van der Waals surface area contributed by atoms with Gasteiger partial charge in [-0.3, -0.25) is 4.79 Å². The van der Waals surface area contributed by atoms with E-state index in [1.165, 1.54) is 5.56 Å². The summed E-state index contributed by atoms with van der Waals surface area (Å²) < 4.78 is 6.63. The molecule has 3 aromatic rings. The Morgan fingerprint density at radius 2 is 1.93 bits per heavy atom. The van der Waals surface area contributed by atoms with Gasteiger partial charge >= 0.3 is 6.01 Å². The van der Waals surface area contributed by atoms with Crippen molar-refractivity contribution in [2.75, 3.05) is 6.61 Å². The van der Waals surface area contributed by atoms with Gasteiger partial charge in [-0.15, -0.1) is 0 Å². The fraction of sp³-hybridized carbons (Fsp3) is 0.190. The predicted molar refractivity (Wildman–Crippen MR) is 121 cm³/mol. The second-order valence-electron chi connectivity index (χ2n) is 6.66. The molecule has 2 aromatic carbocycles. The normalized spacial score (nSPS) is 15.7. The number of amides is 1. The second-order valence-corrected chi connectivity index (χ2v) is 8.58. The molecule has 0 saturated carbocycles. The van der Waals surface area contributed by atoms with Crippen molar-refractivity contribution in [3.8, 4) is 6.01 Å². The Hall–Kier alpha value is -1.90. The quantitative estimate of drug-likeness (QED) is 0.344. The molecule has 0 bridgehead atoms. The molecule has 1 unspecified atom stereocenters. The molecular weight excluding hydrogens is 524 g/mol. The van der Waals surface area contributed by atoms with Gasteiger partial charge in [-0.1, -0.05) is 47.5 Å². The van der Waals surface area contributed by atoms with Crippen molar-refractivity contribution in [3.05, 3.63) is 85.2 Å². The topological polar surface area (TPSA) is 55.3 Å². The van der Waals surface area contributed by atoms with Crippen LogP contribution in [0, 0.1) is 3.70 Å². The van der Waals surface area contributed by atoms with Crippen molar-refractivity contribution in [1.82, 2.24) is 14.9 Å². The molecular formula is C21H16Cl2IN3O2. The van der Waals surface area contributed by atoms with E-state index < -0.39 is 0 Å². The largest absolute Gasteiger partial charge is 0.461 e. The number of rotatable bonds is 4. The molecule has 1 amide bonds. The summed E-state index contributed by atoms with van der Waals surface area (Å²) in [6.45, 7) is 0.790. The number of hydrogen-bond acceptors (Lipinski definition) is 4. The van der Waals surface area contributed by atoms with Crippen molar-refractivity contribution in [2.45, 2.75) is 19.0 Å². The molecule has 148 valence electrons. The molecule has 1 aliphatic rings. The Morgan fingerprint density at radius 3 is 2.69 bits per heavy atom. The van der Waals surface area contributed by atoms with E-state index in [9.17, 15) is 4.79 Å². The van der Waals surface area contributed by atoms with E-state index in [1.54, 1.807) is 30.5 Å². The minimum Gasteiger partial charge on any atom is -0.461 e. The minimum atomic E-state index is -0.159. The van der Waals surface area contributed by atoms with Gasteiger partial charge in [-0.25, -0.2) is 4.98 Å². The number of nitrogens with zero attached hydrogens (tertiary/aromatic N) is 3. The molecule has 0 fully saturated rings. The molecule has 0 aliphatic carbocycles. The van der Waals surface area contributed by atoms with Crippen molar-refractivity contribution < 1.29 is 9.53 Å². The molecule has 8 heteroatoms. The van der Waals surface area contributed by atoms with Crippen LogP contribution in [-0.4, -0.2) is 33.4 Å². The molecule has 0 saturated heterocycles. The number of halogens is 3. The first kappa shape index (κ1) is 20.4. The highest BCUT2D eigenvalue weighted by Gasteiger charge is 2.31. The lowest BCUT2D eigenvalue weighted by Crippen LogP contribution is -2.47. The molecule has 29 heavy (non-hydrogen) atoms. The number of aromatic nitrogens is 2. The summed E-state index contributed by atoms with van der Waals surface area (Å²) in [7, 11) is 0. The summed E-state index contributed by atoms with van der Waals surface area (Å²) in [5, 5.41) is 0.776. The predicted octanol–water partition coefficient (Wildman–Crippen LogP) is 5.03. The zero-order valence-corrected chi connectivity index (χ0v) is 18.9. The van der Waals surface area contributed by atoms with Crippen LogP contribution in [-0.2, 0) is 13.0 Å². The third-order valence-corrected chi connectivity index (χ3v) is 6.13. The summed E-state index contributed by atoms with van der Waals surface area (Å²) in [5.74, 6) is -0.116. The summed E-state index contributed by atoms with van der Waals surface area (Å²) in [4.78, 5) is 23.5. The van der Waals surface area contributed by atoms with Gasteiger partial charge in [-0.2, -0.15) is 4.98 Å². The molecule has 4 rings (SSSR count). The number of carbonyl (C=O) groups is 1. The highest BCUT2D eigenvalue weighted by Crippen LogP contribution is 2.28.